The zero-order valence-corrected chi connectivity index (χ0v) is 10.5. The van der Waals surface area contributed by atoms with Crippen LogP contribution in [0.5, 0.6) is 5.75 Å². The largest absolute Gasteiger partial charge is 0.497 e. The Kier molecular flexibility index (Phi) is 3.78. The van der Waals surface area contributed by atoms with Crippen LogP contribution in [0.3, 0.4) is 0 Å². The Morgan fingerprint density at radius 1 is 1.39 bits per heavy atom. The lowest BCUT2D eigenvalue weighted by Crippen LogP contribution is -2.13. The molecule has 0 radical (unpaired) electrons. The van der Waals surface area contributed by atoms with Crippen molar-refractivity contribution in [1.29, 1.82) is 0 Å². The van der Waals surface area contributed by atoms with Crippen molar-refractivity contribution >= 4 is 17.7 Å². The predicted octanol–water partition coefficient (Wildman–Crippen LogP) is 1.74. The number of amides is 1. The van der Waals surface area contributed by atoms with Gasteiger partial charge in [0.05, 0.1) is 19.5 Å². The van der Waals surface area contributed by atoms with Gasteiger partial charge in [0.25, 0.3) is 5.91 Å². The van der Waals surface area contributed by atoms with Crippen LogP contribution >= 0.6 is 11.8 Å². The molecule has 2 aromatic rings. The van der Waals surface area contributed by atoms with Gasteiger partial charge in [0.1, 0.15) is 16.5 Å². The molecule has 0 saturated heterocycles. The Morgan fingerprint density at radius 2 is 2.22 bits per heavy atom. The zero-order chi connectivity index (χ0) is 13.0. The van der Waals surface area contributed by atoms with Crippen molar-refractivity contribution in [3.8, 4) is 5.75 Å². The Bertz CT molecular complexity index is 575. The average Bonchev–Trinajstić information content (AvgIpc) is 2.39. The van der Waals surface area contributed by atoms with E-state index in [9.17, 15) is 4.79 Å². The summed E-state index contributed by atoms with van der Waals surface area (Å²) in [6.07, 6.45) is 2.93. The second-order valence-electron chi connectivity index (χ2n) is 3.39. The van der Waals surface area contributed by atoms with Crippen LogP contribution in [0.4, 0.5) is 0 Å². The third-order valence-corrected chi connectivity index (χ3v) is 3.02. The smallest absolute Gasteiger partial charge is 0.268 e. The number of benzene rings is 1. The Hall–Kier alpha value is -2.08. The number of primary amides is 1. The SMILES string of the molecule is COc1cccc(Sc2cncc(C(N)=O)n2)c1. The summed E-state index contributed by atoms with van der Waals surface area (Å²) in [7, 11) is 1.61. The first-order valence-corrected chi connectivity index (χ1v) is 5.94. The molecule has 0 unspecified atom stereocenters. The summed E-state index contributed by atoms with van der Waals surface area (Å²) in [6.45, 7) is 0. The molecule has 0 atom stereocenters. The van der Waals surface area contributed by atoms with E-state index in [4.69, 9.17) is 10.5 Å². The number of hydrogen-bond acceptors (Lipinski definition) is 5. The average molecular weight is 261 g/mol. The quantitative estimate of drug-likeness (QED) is 0.906. The maximum absolute atomic E-state index is 11.0. The highest BCUT2D eigenvalue weighted by atomic mass is 32.2. The van der Waals surface area contributed by atoms with Crippen molar-refractivity contribution in [1.82, 2.24) is 9.97 Å². The molecule has 92 valence electrons. The molecule has 18 heavy (non-hydrogen) atoms. The van der Waals surface area contributed by atoms with E-state index < -0.39 is 5.91 Å². The fourth-order valence-corrected chi connectivity index (χ4v) is 2.12. The van der Waals surface area contributed by atoms with Crippen molar-refractivity contribution in [2.75, 3.05) is 7.11 Å². The highest BCUT2D eigenvalue weighted by Gasteiger charge is 2.06. The fourth-order valence-electron chi connectivity index (χ4n) is 1.30. The molecule has 6 heteroatoms. The number of rotatable bonds is 4. The van der Waals surface area contributed by atoms with Crippen LogP contribution in [0.1, 0.15) is 10.5 Å². The number of hydrogen-bond donors (Lipinski definition) is 1. The highest BCUT2D eigenvalue weighted by molar-refractivity contribution is 7.99. The van der Waals surface area contributed by atoms with Gasteiger partial charge in [0, 0.05) is 4.90 Å². The maximum Gasteiger partial charge on any atom is 0.268 e. The van der Waals surface area contributed by atoms with Crippen LogP contribution < -0.4 is 10.5 Å². The summed E-state index contributed by atoms with van der Waals surface area (Å²) >= 11 is 1.39. The molecule has 0 bridgehead atoms. The molecule has 0 saturated carbocycles. The molecule has 0 aliphatic heterocycles. The number of aromatic nitrogens is 2. The summed E-state index contributed by atoms with van der Waals surface area (Å²) in [5.41, 5.74) is 5.31. The molecule has 1 aromatic heterocycles. The van der Waals surface area contributed by atoms with Crippen LogP contribution in [-0.2, 0) is 0 Å². The summed E-state index contributed by atoms with van der Waals surface area (Å²) < 4.78 is 5.13. The first-order valence-electron chi connectivity index (χ1n) is 5.13. The summed E-state index contributed by atoms with van der Waals surface area (Å²) in [5, 5.41) is 0.611. The summed E-state index contributed by atoms with van der Waals surface area (Å²) in [4.78, 5) is 20.0. The zero-order valence-electron chi connectivity index (χ0n) is 9.66. The monoisotopic (exact) mass is 261 g/mol. The van der Waals surface area contributed by atoms with Crippen LogP contribution in [0.25, 0.3) is 0 Å². The van der Waals surface area contributed by atoms with Crippen LogP contribution in [0, 0.1) is 0 Å². The van der Waals surface area contributed by atoms with Crippen LogP contribution in [-0.4, -0.2) is 23.0 Å². The van der Waals surface area contributed by atoms with Gasteiger partial charge in [0.2, 0.25) is 0 Å². The van der Waals surface area contributed by atoms with Crippen molar-refractivity contribution in [2.45, 2.75) is 9.92 Å². The minimum absolute atomic E-state index is 0.155. The standard InChI is InChI=1S/C12H11N3O2S/c1-17-8-3-2-4-9(5-8)18-11-7-14-6-10(15-11)12(13)16/h2-7H,1H3,(H2,13,16). The summed E-state index contributed by atoms with van der Waals surface area (Å²) in [5.74, 6) is 0.176. The topological polar surface area (TPSA) is 78.1 Å². The third-order valence-electron chi connectivity index (χ3n) is 2.13. The van der Waals surface area contributed by atoms with Crippen LogP contribution in [0.15, 0.2) is 46.6 Å². The lowest BCUT2D eigenvalue weighted by atomic mass is 10.3. The molecule has 2 rings (SSSR count). The Balaban J connectivity index is 2.22. The molecule has 1 amide bonds. The molecule has 0 aliphatic rings. The Morgan fingerprint density at radius 3 is 2.94 bits per heavy atom. The minimum atomic E-state index is -0.587. The van der Waals surface area contributed by atoms with E-state index in [0.29, 0.717) is 5.03 Å². The van der Waals surface area contributed by atoms with E-state index >= 15 is 0 Å². The van der Waals surface area contributed by atoms with Crippen molar-refractivity contribution < 1.29 is 9.53 Å². The molecule has 2 N–H and O–H groups in total. The first-order chi connectivity index (χ1) is 8.69. The van der Waals surface area contributed by atoms with E-state index in [1.165, 1.54) is 18.0 Å². The van der Waals surface area contributed by atoms with E-state index in [2.05, 4.69) is 9.97 Å². The van der Waals surface area contributed by atoms with Gasteiger partial charge < -0.3 is 10.5 Å². The van der Waals surface area contributed by atoms with E-state index in [-0.39, 0.29) is 5.69 Å². The maximum atomic E-state index is 11.0. The molecule has 0 fully saturated rings. The van der Waals surface area contributed by atoms with Gasteiger partial charge in [-0.1, -0.05) is 17.8 Å². The third kappa shape index (κ3) is 2.98. The van der Waals surface area contributed by atoms with Gasteiger partial charge in [-0.05, 0) is 18.2 Å². The lowest BCUT2D eigenvalue weighted by molar-refractivity contribution is 0.0994. The Labute approximate surface area is 108 Å². The van der Waals surface area contributed by atoms with Crippen molar-refractivity contribution in [3.63, 3.8) is 0 Å². The molecule has 1 heterocycles. The normalized spacial score (nSPS) is 10.1. The first kappa shape index (κ1) is 12.4. The predicted molar refractivity (Wildman–Crippen MR) is 67.7 cm³/mol. The van der Waals surface area contributed by atoms with Gasteiger partial charge in [-0.25, -0.2) is 4.98 Å². The highest BCUT2D eigenvalue weighted by Crippen LogP contribution is 2.28. The number of ether oxygens (including phenoxy) is 1. The second-order valence-corrected chi connectivity index (χ2v) is 4.48. The number of carbonyl (C=O) groups is 1. The van der Waals surface area contributed by atoms with Crippen molar-refractivity contribution in [3.05, 3.63) is 42.4 Å². The number of nitrogens with zero attached hydrogens (tertiary/aromatic N) is 2. The van der Waals surface area contributed by atoms with E-state index in [1.807, 2.05) is 24.3 Å². The van der Waals surface area contributed by atoms with Crippen LogP contribution in [0.2, 0.25) is 0 Å². The number of methoxy groups -OCH3 is 1. The van der Waals surface area contributed by atoms with E-state index in [1.54, 1.807) is 13.3 Å². The van der Waals surface area contributed by atoms with Gasteiger partial charge in [-0.3, -0.25) is 9.78 Å². The second kappa shape index (κ2) is 5.50. The minimum Gasteiger partial charge on any atom is -0.497 e. The van der Waals surface area contributed by atoms with Gasteiger partial charge in [-0.15, -0.1) is 0 Å². The lowest BCUT2D eigenvalue weighted by Gasteiger charge is -2.04. The van der Waals surface area contributed by atoms with Gasteiger partial charge in [0.15, 0.2) is 0 Å². The van der Waals surface area contributed by atoms with Gasteiger partial charge >= 0.3 is 0 Å². The molecular weight excluding hydrogens is 250 g/mol. The molecule has 5 nitrogen and oxygen atoms in total. The summed E-state index contributed by atoms with van der Waals surface area (Å²) in [6, 6.07) is 7.54. The number of carbonyl (C=O) groups excluding carboxylic acids is 1. The van der Waals surface area contributed by atoms with E-state index in [0.717, 1.165) is 10.6 Å². The molecule has 0 spiro atoms. The molecule has 1 aromatic carbocycles. The van der Waals surface area contributed by atoms with Gasteiger partial charge in [-0.2, -0.15) is 0 Å². The number of nitrogens with two attached hydrogens (primary N) is 1. The molecular formula is C12H11N3O2S. The fraction of sp³-hybridized carbons (Fsp3) is 0.0833. The molecule has 0 aliphatic carbocycles. The van der Waals surface area contributed by atoms with Crippen molar-refractivity contribution in [2.24, 2.45) is 5.73 Å².